The molecule has 1 aliphatic heterocycles. The lowest BCUT2D eigenvalue weighted by Gasteiger charge is -2.39. The number of halogens is 2. The number of aromatic nitrogens is 2. The van der Waals surface area contributed by atoms with Crippen LogP contribution in [0.3, 0.4) is 0 Å². The quantitative estimate of drug-likeness (QED) is 0.206. The van der Waals surface area contributed by atoms with Gasteiger partial charge in [-0.15, -0.1) is 0 Å². The number of hydrogen-bond acceptors (Lipinski definition) is 9. The molecule has 1 saturated carbocycles. The summed E-state index contributed by atoms with van der Waals surface area (Å²) in [5.41, 5.74) is 8.78. The second-order valence-corrected chi connectivity index (χ2v) is 13.7. The summed E-state index contributed by atoms with van der Waals surface area (Å²) in [6.45, 7) is 6.77. The highest BCUT2D eigenvalue weighted by atomic mass is 35.5. The van der Waals surface area contributed by atoms with Crippen LogP contribution in [0.25, 0.3) is 11.3 Å². The third-order valence-electron chi connectivity index (χ3n) is 8.20. The zero-order valence-electron chi connectivity index (χ0n) is 26.5. The van der Waals surface area contributed by atoms with Gasteiger partial charge in [-0.05, 0) is 83.1 Å². The van der Waals surface area contributed by atoms with Gasteiger partial charge in [0.15, 0.2) is 11.6 Å². The SMILES string of the molecule is CC(C)(C)OC(=O)N1CCC(NCc2cccc(-c3cnc(N)c(NCc4c(Cl)cccc4Cl)n3)c2)CC1C(=O)OC1CCCC1. The number of hydrogen-bond donors (Lipinski definition) is 3. The molecule has 1 aromatic heterocycles. The number of nitrogens with one attached hydrogen (secondary N) is 2. The van der Waals surface area contributed by atoms with Crippen LogP contribution in [0.4, 0.5) is 16.4 Å². The van der Waals surface area contributed by atoms with E-state index in [1.54, 1.807) is 24.4 Å². The minimum atomic E-state index is -0.704. The fourth-order valence-corrected chi connectivity index (χ4v) is 6.34. The van der Waals surface area contributed by atoms with Gasteiger partial charge in [0.2, 0.25) is 0 Å². The molecule has 2 aliphatic rings. The van der Waals surface area contributed by atoms with E-state index in [-0.39, 0.29) is 23.9 Å². The van der Waals surface area contributed by atoms with E-state index in [0.29, 0.717) is 54.0 Å². The van der Waals surface area contributed by atoms with Crippen LogP contribution >= 0.6 is 23.2 Å². The van der Waals surface area contributed by atoms with Gasteiger partial charge < -0.3 is 25.8 Å². The molecule has 12 heteroatoms. The number of anilines is 2. The Morgan fingerprint density at radius 1 is 1.04 bits per heavy atom. The fraction of sp³-hybridized carbons (Fsp3) is 0.471. The van der Waals surface area contributed by atoms with Crippen LogP contribution < -0.4 is 16.4 Å². The van der Waals surface area contributed by atoms with Crippen LogP contribution in [-0.4, -0.2) is 57.3 Å². The third kappa shape index (κ3) is 8.80. The first kappa shape index (κ1) is 33.8. The summed E-state index contributed by atoms with van der Waals surface area (Å²) < 4.78 is 11.5. The van der Waals surface area contributed by atoms with E-state index < -0.39 is 17.7 Å². The van der Waals surface area contributed by atoms with Crippen molar-refractivity contribution in [2.45, 2.75) is 96.2 Å². The lowest BCUT2D eigenvalue weighted by molar-refractivity contribution is -0.156. The standard InChI is InChI=1S/C34H42Cl2N6O4/c1-34(2,3)46-33(44)42-15-14-23(17-29(42)32(43)45-24-10-4-5-11-24)38-18-21-8-6-9-22(16-21)28-20-39-30(37)31(41-28)40-19-25-26(35)12-7-13-27(25)36/h6-9,12-13,16,20,23-24,29,38H,4-5,10-11,14-15,17-19H2,1-3H3,(H2,37,39)(H,40,41). The van der Waals surface area contributed by atoms with Gasteiger partial charge in [-0.3, -0.25) is 4.90 Å². The second-order valence-electron chi connectivity index (χ2n) is 12.9. The van der Waals surface area contributed by atoms with Gasteiger partial charge in [-0.1, -0.05) is 47.5 Å². The number of piperidine rings is 1. The van der Waals surface area contributed by atoms with Crippen molar-refractivity contribution in [1.29, 1.82) is 0 Å². The summed E-state index contributed by atoms with van der Waals surface area (Å²) in [6.07, 6.45) is 6.05. The number of nitrogen functional groups attached to an aromatic ring is 1. The first-order valence-electron chi connectivity index (χ1n) is 15.8. The van der Waals surface area contributed by atoms with Crippen LogP contribution in [-0.2, 0) is 27.4 Å². The second kappa shape index (κ2) is 14.9. The molecule has 2 aromatic carbocycles. The number of benzene rings is 2. The maximum Gasteiger partial charge on any atom is 0.411 e. The normalized spacial score (nSPS) is 18.8. The van der Waals surface area contributed by atoms with Crippen molar-refractivity contribution >= 4 is 46.9 Å². The molecule has 1 aliphatic carbocycles. The Morgan fingerprint density at radius 3 is 2.48 bits per heavy atom. The first-order chi connectivity index (χ1) is 22.0. The Hall–Kier alpha value is -3.60. The highest BCUT2D eigenvalue weighted by Crippen LogP contribution is 2.29. The van der Waals surface area contributed by atoms with Crippen molar-refractivity contribution in [3.05, 3.63) is 69.8 Å². The van der Waals surface area contributed by atoms with Gasteiger partial charge in [0, 0.05) is 46.8 Å². The number of nitrogens with zero attached hydrogens (tertiary/aromatic N) is 3. The number of carbonyl (C=O) groups excluding carboxylic acids is 2. The molecule has 3 aromatic rings. The van der Waals surface area contributed by atoms with Crippen molar-refractivity contribution in [3.8, 4) is 11.3 Å². The molecule has 5 rings (SSSR count). The largest absolute Gasteiger partial charge is 0.461 e. The van der Waals surface area contributed by atoms with E-state index >= 15 is 0 Å². The van der Waals surface area contributed by atoms with Crippen molar-refractivity contribution < 1.29 is 19.1 Å². The molecule has 2 atom stereocenters. The summed E-state index contributed by atoms with van der Waals surface area (Å²) in [7, 11) is 0. The average Bonchev–Trinajstić information content (AvgIpc) is 3.53. The van der Waals surface area contributed by atoms with Gasteiger partial charge in [0.05, 0.1) is 11.9 Å². The number of rotatable bonds is 9. The lowest BCUT2D eigenvalue weighted by atomic mass is 9.97. The van der Waals surface area contributed by atoms with Crippen LogP contribution in [0.2, 0.25) is 10.0 Å². The van der Waals surface area contributed by atoms with Crippen molar-refractivity contribution in [2.24, 2.45) is 0 Å². The topological polar surface area (TPSA) is 132 Å². The average molecular weight is 670 g/mol. The molecule has 0 radical (unpaired) electrons. The van der Waals surface area contributed by atoms with Crippen LogP contribution in [0.15, 0.2) is 48.7 Å². The van der Waals surface area contributed by atoms with Crippen LogP contribution in [0, 0.1) is 0 Å². The van der Waals surface area contributed by atoms with Gasteiger partial charge in [0.25, 0.3) is 0 Å². The van der Waals surface area contributed by atoms with E-state index in [0.717, 1.165) is 42.4 Å². The molecule has 4 N–H and O–H groups in total. The molecule has 1 saturated heterocycles. The van der Waals surface area contributed by atoms with E-state index in [1.807, 2.05) is 45.0 Å². The number of esters is 1. The molecule has 10 nitrogen and oxygen atoms in total. The fourth-order valence-electron chi connectivity index (χ4n) is 5.81. The van der Waals surface area contributed by atoms with Crippen LogP contribution in [0.5, 0.6) is 0 Å². The van der Waals surface area contributed by atoms with Crippen molar-refractivity contribution in [2.75, 3.05) is 17.6 Å². The molecule has 2 unspecified atom stereocenters. The molecule has 0 bridgehead atoms. The van der Waals surface area contributed by atoms with Crippen molar-refractivity contribution in [1.82, 2.24) is 20.2 Å². The minimum Gasteiger partial charge on any atom is -0.461 e. The first-order valence-corrected chi connectivity index (χ1v) is 16.5. The number of carbonyl (C=O) groups is 2. The van der Waals surface area contributed by atoms with Gasteiger partial charge in [-0.2, -0.15) is 0 Å². The summed E-state index contributed by atoms with van der Waals surface area (Å²) >= 11 is 12.6. The molecule has 246 valence electrons. The molecule has 0 spiro atoms. The smallest absolute Gasteiger partial charge is 0.411 e. The van der Waals surface area contributed by atoms with Gasteiger partial charge >= 0.3 is 12.1 Å². The van der Waals surface area contributed by atoms with E-state index in [9.17, 15) is 9.59 Å². The highest BCUT2D eigenvalue weighted by molar-refractivity contribution is 6.36. The predicted molar refractivity (Wildman–Crippen MR) is 181 cm³/mol. The summed E-state index contributed by atoms with van der Waals surface area (Å²) in [6, 6.07) is 12.7. The molecule has 2 fully saturated rings. The highest BCUT2D eigenvalue weighted by Gasteiger charge is 2.40. The molecular formula is C34H42Cl2N6O4. The minimum absolute atomic E-state index is 0.00669. The van der Waals surface area contributed by atoms with E-state index in [1.165, 1.54) is 4.90 Å². The summed E-state index contributed by atoms with van der Waals surface area (Å²) in [4.78, 5) is 37.0. The third-order valence-corrected chi connectivity index (χ3v) is 8.91. The molecular weight excluding hydrogens is 627 g/mol. The summed E-state index contributed by atoms with van der Waals surface area (Å²) in [5, 5.41) is 7.90. The maximum atomic E-state index is 13.3. The summed E-state index contributed by atoms with van der Waals surface area (Å²) in [5.74, 6) is 0.349. The van der Waals surface area contributed by atoms with Crippen molar-refractivity contribution in [3.63, 3.8) is 0 Å². The van der Waals surface area contributed by atoms with Gasteiger partial charge in [-0.25, -0.2) is 19.6 Å². The van der Waals surface area contributed by atoms with Crippen LogP contribution in [0.1, 0.15) is 70.4 Å². The molecule has 46 heavy (non-hydrogen) atoms. The maximum absolute atomic E-state index is 13.3. The zero-order chi connectivity index (χ0) is 32.8. The number of likely N-dealkylation sites (tertiary alicyclic amines) is 1. The molecule has 2 heterocycles. The molecule has 1 amide bonds. The Bertz CT molecular complexity index is 1520. The van der Waals surface area contributed by atoms with E-state index in [4.69, 9.17) is 43.4 Å². The number of amides is 1. The number of ether oxygens (including phenoxy) is 2. The van der Waals surface area contributed by atoms with E-state index in [2.05, 4.69) is 15.6 Å². The Kier molecular flexibility index (Phi) is 10.9. The van der Waals surface area contributed by atoms with Gasteiger partial charge in [0.1, 0.15) is 17.7 Å². The Balaban J connectivity index is 1.24. The predicted octanol–water partition coefficient (Wildman–Crippen LogP) is 6.99. The Labute approximate surface area is 280 Å². The monoisotopic (exact) mass is 668 g/mol. The number of nitrogens with two attached hydrogens (primary N) is 1. The lowest BCUT2D eigenvalue weighted by Crippen LogP contribution is -2.55. The Morgan fingerprint density at radius 2 is 1.76 bits per heavy atom. The zero-order valence-corrected chi connectivity index (χ0v) is 28.0.